The van der Waals surface area contributed by atoms with Gasteiger partial charge in [-0.15, -0.1) is 0 Å². The van der Waals surface area contributed by atoms with Crippen LogP contribution in [0.2, 0.25) is 0 Å². The number of aliphatic hydroxyl groups is 1. The summed E-state index contributed by atoms with van der Waals surface area (Å²) < 4.78 is 0. The average Bonchev–Trinajstić information content (AvgIpc) is 2.18. The molecule has 0 radical (unpaired) electrons. The molecular formula is C12H25NO. The number of aliphatic hydroxyl groups excluding tert-OH is 1. The molecule has 0 saturated heterocycles. The zero-order chi connectivity index (χ0) is 10.4. The van der Waals surface area contributed by atoms with Crippen molar-refractivity contribution in [3.63, 3.8) is 0 Å². The lowest BCUT2D eigenvalue weighted by Crippen LogP contribution is -2.29. The van der Waals surface area contributed by atoms with Gasteiger partial charge in [0.15, 0.2) is 0 Å². The summed E-state index contributed by atoms with van der Waals surface area (Å²) in [5.41, 5.74) is 0. The molecule has 0 unspecified atom stereocenters. The summed E-state index contributed by atoms with van der Waals surface area (Å²) in [5, 5.41) is 12.5. The molecule has 0 aromatic heterocycles. The van der Waals surface area contributed by atoms with E-state index in [-0.39, 0.29) is 0 Å². The van der Waals surface area contributed by atoms with Crippen molar-refractivity contribution >= 4 is 0 Å². The smallest absolute Gasteiger partial charge is 0.0459 e. The van der Waals surface area contributed by atoms with Gasteiger partial charge in [-0.05, 0) is 56.5 Å². The number of nitrogens with one attached hydrogen (secondary N) is 1. The predicted octanol–water partition coefficient (Wildman–Crippen LogP) is 2.03. The van der Waals surface area contributed by atoms with Gasteiger partial charge in [-0.1, -0.05) is 13.8 Å². The molecular weight excluding hydrogens is 174 g/mol. The van der Waals surface area contributed by atoms with Crippen molar-refractivity contribution in [1.29, 1.82) is 0 Å². The molecule has 14 heavy (non-hydrogen) atoms. The summed E-state index contributed by atoms with van der Waals surface area (Å²) in [7, 11) is 0. The Kier molecular flexibility index (Phi) is 5.49. The standard InChI is InChI=1S/C12H25NO/c1-10(2)7-13-8-11-3-5-12(9-14)6-4-11/h10-14H,3-9H2,1-2H3. The minimum Gasteiger partial charge on any atom is -0.396 e. The first kappa shape index (κ1) is 12.0. The maximum atomic E-state index is 9.01. The van der Waals surface area contributed by atoms with Crippen molar-refractivity contribution in [2.45, 2.75) is 39.5 Å². The van der Waals surface area contributed by atoms with Crippen LogP contribution < -0.4 is 5.32 Å². The minimum atomic E-state index is 0.395. The Bertz CT molecular complexity index is 139. The van der Waals surface area contributed by atoms with Gasteiger partial charge in [0, 0.05) is 6.61 Å². The lowest BCUT2D eigenvalue weighted by atomic mass is 9.82. The predicted molar refractivity (Wildman–Crippen MR) is 60.2 cm³/mol. The SMILES string of the molecule is CC(C)CNCC1CCC(CO)CC1. The molecule has 2 N–H and O–H groups in total. The highest BCUT2D eigenvalue weighted by Crippen LogP contribution is 2.27. The molecule has 0 atom stereocenters. The molecule has 1 aliphatic carbocycles. The largest absolute Gasteiger partial charge is 0.396 e. The first-order chi connectivity index (χ1) is 6.72. The van der Waals surface area contributed by atoms with E-state index in [2.05, 4.69) is 19.2 Å². The minimum absolute atomic E-state index is 0.395. The molecule has 0 aliphatic heterocycles. The van der Waals surface area contributed by atoms with Crippen molar-refractivity contribution < 1.29 is 5.11 Å². The molecule has 2 nitrogen and oxygen atoms in total. The van der Waals surface area contributed by atoms with Crippen LogP contribution in [-0.2, 0) is 0 Å². The van der Waals surface area contributed by atoms with E-state index < -0.39 is 0 Å². The van der Waals surface area contributed by atoms with Gasteiger partial charge in [0.25, 0.3) is 0 Å². The number of hydrogen-bond acceptors (Lipinski definition) is 2. The molecule has 0 aromatic rings. The normalized spacial score (nSPS) is 28.3. The van der Waals surface area contributed by atoms with Crippen LogP contribution in [0.25, 0.3) is 0 Å². The first-order valence-electron chi connectivity index (χ1n) is 6.04. The van der Waals surface area contributed by atoms with Crippen LogP contribution in [-0.4, -0.2) is 24.8 Å². The van der Waals surface area contributed by atoms with Crippen LogP contribution in [0.4, 0.5) is 0 Å². The second kappa shape index (κ2) is 6.41. The molecule has 0 aromatic carbocycles. The van der Waals surface area contributed by atoms with Gasteiger partial charge in [-0.25, -0.2) is 0 Å². The Hall–Kier alpha value is -0.0800. The van der Waals surface area contributed by atoms with Crippen LogP contribution in [0.1, 0.15) is 39.5 Å². The maximum absolute atomic E-state index is 9.01. The molecule has 84 valence electrons. The monoisotopic (exact) mass is 199 g/mol. The first-order valence-corrected chi connectivity index (χ1v) is 6.04. The van der Waals surface area contributed by atoms with Gasteiger partial charge in [0.05, 0.1) is 0 Å². The van der Waals surface area contributed by atoms with Gasteiger partial charge in [0.2, 0.25) is 0 Å². The van der Waals surface area contributed by atoms with E-state index >= 15 is 0 Å². The van der Waals surface area contributed by atoms with Gasteiger partial charge in [0.1, 0.15) is 0 Å². The van der Waals surface area contributed by atoms with Gasteiger partial charge in [-0.2, -0.15) is 0 Å². The molecule has 2 heteroatoms. The summed E-state index contributed by atoms with van der Waals surface area (Å²) in [5.74, 6) is 2.21. The fraction of sp³-hybridized carbons (Fsp3) is 1.00. The van der Waals surface area contributed by atoms with Gasteiger partial charge >= 0.3 is 0 Å². The summed E-state index contributed by atoms with van der Waals surface area (Å²) in [6.45, 7) is 7.20. The Labute approximate surface area is 88.1 Å². The van der Waals surface area contributed by atoms with E-state index in [9.17, 15) is 0 Å². The third kappa shape index (κ3) is 4.43. The van der Waals surface area contributed by atoms with E-state index in [1.807, 2.05) is 0 Å². The number of hydrogen-bond donors (Lipinski definition) is 2. The zero-order valence-corrected chi connectivity index (χ0v) is 9.63. The third-order valence-electron chi connectivity index (χ3n) is 3.21. The Balaban J connectivity index is 2.04. The van der Waals surface area contributed by atoms with Crippen LogP contribution in [0.15, 0.2) is 0 Å². The second-order valence-corrected chi connectivity index (χ2v) is 5.12. The van der Waals surface area contributed by atoms with E-state index in [0.29, 0.717) is 12.5 Å². The molecule has 1 rings (SSSR count). The summed E-state index contributed by atoms with van der Waals surface area (Å²) in [6.07, 6.45) is 5.06. The van der Waals surface area contributed by atoms with Crippen LogP contribution in [0, 0.1) is 17.8 Å². The highest BCUT2D eigenvalue weighted by molar-refractivity contribution is 4.73. The van der Waals surface area contributed by atoms with Crippen molar-refractivity contribution in [2.24, 2.45) is 17.8 Å². The van der Waals surface area contributed by atoms with Crippen LogP contribution >= 0.6 is 0 Å². The summed E-state index contributed by atoms with van der Waals surface area (Å²) >= 11 is 0. The van der Waals surface area contributed by atoms with Crippen molar-refractivity contribution in [2.75, 3.05) is 19.7 Å². The molecule has 0 heterocycles. The molecule has 1 aliphatic rings. The fourth-order valence-corrected chi connectivity index (χ4v) is 2.19. The maximum Gasteiger partial charge on any atom is 0.0459 e. The highest BCUT2D eigenvalue weighted by Gasteiger charge is 2.19. The Morgan fingerprint density at radius 1 is 1.14 bits per heavy atom. The second-order valence-electron chi connectivity index (χ2n) is 5.12. The lowest BCUT2D eigenvalue weighted by Gasteiger charge is -2.27. The van der Waals surface area contributed by atoms with E-state index in [1.54, 1.807) is 0 Å². The molecule has 0 spiro atoms. The quantitative estimate of drug-likeness (QED) is 0.710. The van der Waals surface area contributed by atoms with Gasteiger partial charge < -0.3 is 10.4 Å². The van der Waals surface area contributed by atoms with Crippen LogP contribution in [0.3, 0.4) is 0 Å². The molecule has 1 fully saturated rings. The molecule has 0 bridgehead atoms. The Morgan fingerprint density at radius 3 is 2.21 bits per heavy atom. The van der Waals surface area contributed by atoms with E-state index in [0.717, 1.165) is 18.4 Å². The van der Waals surface area contributed by atoms with Gasteiger partial charge in [-0.3, -0.25) is 0 Å². The fourth-order valence-electron chi connectivity index (χ4n) is 2.19. The van der Waals surface area contributed by atoms with Crippen LogP contribution in [0.5, 0.6) is 0 Å². The van der Waals surface area contributed by atoms with Crippen molar-refractivity contribution in [3.8, 4) is 0 Å². The van der Waals surface area contributed by atoms with Crippen molar-refractivity contribution in [1.82, 2.24) is 5.32 Å². The van der Waals surface area contributed by atoms with Crippen molar-refractivity contribution in [3.05, 3.63) is 0 Å². The lowest BCUT2D eigenvalue weighted by molar-refractivity contribution is 0.166. The summed E-state index contributed by atoms with van der Waals surface area (Å²) in [6, 6.07) is 0. The Morgan fingerprint density at radius 2 is 1.71 bits per heavy atom. The molecule has 1 saturated carbocycles. The highest BCUT2D eigenvalue weighted by atomic mass is 16.3. The zero-order valence-electron chi connectivity index (χ0n) is 9.63. The third-order valence-corrected chi connectivity index (χ3v) is 3.21. The number of rotatable bonds is 5. The average molecular weight is 199 g/mol. The van der Waals surface area contributed by atoms with E-state index in [4.69, 9.17) is 5.11 Å². The topological polar surface area (TPSA) is 32.3 Å². The van der Waals surface area contributed by atoms with E-state index in [1.165, 1.54) is 32.2 Å². The summed E-state index contributed by atoms with van der Waals surface area (Å²) in [4.78, 5) is 0. The molecule has 0 amide bonds.